The van der Waals surface area contributed by atoms with Gasteiger partial charge in [0.05, 0.1) is 10.0 Å². The van der Waals surface area contributed by atoms with Crippen molar-refractivity contribution in [2.24, 2.45) is 17.6 Å². The number of carbonyl (C=O) groups is 2. The fraction of sp³-hybridized carbons (Fsp3) is 0.520. The van der Waals surface area contributed by atoms with Crippen molar-refractivity contribution < 1.29 is 28.5 Å². The second kappa shape index (κ2) is 19.3. The van der Waals surface area contributed by atoms with Gasteiger partial charge >= 0.3 is 0 Å². The lowest BCUT2D eigenvalue weighted by Crippen LogP contribution is -2.46. The van der Waals surface area contributed by atoms with Gasteiger partial charge in [-0.25, -0.2) is 0 Å². The van der Waals surface area contributed by atoms with Crippen LogP contribution in [0.3, 0.4) is 0 Å². The molecule has 66 heavy (non-hydrogen) atoms. The molecule has 4 aromatic rings. The molecule has 4 aliphatic rings. The monoisotopic (exact) mass is 946 g/mol. The fourth-order valence-corrected chi connectivity index (χ4v) is 10.5. The lowest BCUT2D eigenvalue weighted by Gasteiger charge is -2.39. The number of nitrogens with one attached hydrogen (secondary N) is 4. The molecule has 0 unspecified atom stereocenters. The predicted octanol–water partition coefficient (Wildman–Crippen LogP) is 8.38. The maximum Gasteiger partial charge on any atom is 0.253 e. The molecule has 2 fully saturated rings. The number of hydrogen-bond acceptors (Lipinski definition) is 10. The van der Waals surface area contributed by atoms with Gasteiger partial charge in [0.15, 0.2) is 23.0 Å². The molecule has 16 heteroatoms. The van der Waals surface area contributed by atoms with E-state index in [0.29, 0.717) is 72.5 Å². The Hall–Kier alpha value is -5.02. The second-order valence-corrected chi connectivity index (χ2v) is 20.0. The van der Waals surface area contributed by atoms with E-state index in [1.165, 1.54) is 0 Å². The normalized spacial score (nSPS) is 24.2. The first kappa shape index (κ1) is 48.9. The Labute approximate surface area is 396 Å². The van der Waals surface area contributed by atoms with Crippen molar-refractivity contribution in [1.29, 1.82) is 0 Å². The number of benzene rings is 2. The Balaban J connectivity index is 0.000000197. The number of halogens is 2. The van der Waals surface area contributed by atoms with E-state index in [0.717, 1.165) is 73.9 Å². The highest BCUT2D eigenvalue weighted by atomic mass is 35.5. The van der Waals surface area contributed by atoms with Crippen molar-refractivity contribution in [2.75, 3.05) is 14.1 Å². The van der Waals surface area contributed by atoms with E-state index in [-0.39, 0.29) is 53.9 Å². The van der Waals surface area contributed by atoms with Crippen LogP contribution in [-0.4, -0.2) is 64.4 Å². The minimum absolute atomic E-state index is 0.117. The summed E-state index contributed by atoms with van der Waals surface area (Å²) in [4.78, 5) is 58.4. The molecule has 8 rings (SSSR count). The molecular weight excluding hydrogens is 883 g/mol. The highest BCUT2D eigenvalue weighted by Gasteiger charge is 2.49. The number of aryl methyl sites for hydroxylation is 4. The SMILES string of the molecule is Cc1cc(C)c(CNC(=O)c2cc(Cl)c3c(c2C)O[C@@](C)(C2CCC(N(C)C)CC2)O3)c(=O)[nH]1.Cc1cc(C)c(CNC(=O)c2cc(Cl)c3c(c2C)O[C@@](C)(C2CCC(N)CC2)O3)c(=O)[nH]1. The van der Waals surface area contributed by atoms with Gasteiger partial charge in [-0.3, -0.25) is 19.2 Å². The van der Waals surface area contributed by atoms with Gasteiger partial charge in [-0.2, -0.15) is 0 Å². The lowest BCUT2D eigenvalue weighted by atomic mass is 9.81. The van der Waals surface area contributed by atoms with Crippen molar-refractivity contribution in [3.63, 3.8) is 0 Å². The average Bonchev–Trinajstić information content (AvgIpc) is 3.83. The Morgan fingerprint density at radius 2 is 1.00 bits per heavy atom. The van der Waals surface area contributed by atoms with Crippen molar-refractivity contribution in [2.45, 2.75) is 144 Å². The Morgan fingerprint density at radius 3 is 1.36 bits per heavy atom. The largest absolute Gasteiger partial charge is 0.448 e. The smallest absolute Gasteiger partial charge is 0.253 e. The van der Waals surface area contributed by atoms with Gasteiger partial charge < -0.3 is 50.2 Å². The number of nitrogens with zero attached hydrogens (tertiary/aromatic N) is 1. The number of H-pyrrole nitrogens is 2. The van der Waals surface area contributed by atoms with Gasteiger partial charge in [-0.15, -0.1) is 0 Å². The summed E-state index contributed by atoms with van der Waals surface area (Å²) in [6.07, 6.45) is 7.88. The van der Waals surface area contributed by atoms with Gasteiger partial charge in [-0.1, -0.05) is 23.2 Å². The van der Waals surface area contributed by atoms with Crippen molar-refractivity contribution in [1.82, 2.24) is 25.5 Å². The molecule has 2 aromatic heterocycles. The first-order valence-electron chi connectivity index (χ1n) is 22.9. The molecule has 0 bridgehead atoms. The number of pyridine rings is 2. The molecule has 0 spiro atoms. The molecule has 0 radical (unpaired) electrons. The standard InChI is InChI=1S/C26H34ClN3O4.C24H30ClN3O4/c1-14-11-15(2)29-25(32)20(14)13-28-24(31)19-12-21(27)23-22(16(19)3)33-26(4,34-23)17-7-9-18(10-8-17)30(5)6;1-12-9-13(2)28-23(30)18(12)11-27-22(29)17-10-19(25)21-20(14(17)3)31-24(4,32-21)15-5-7-16(26)8-6-15/h11-12,17-18H,7-10,13H2,1-6H3,(H,28,31)(H,29,32);9-10,15-16H,5-8,11,26H2,1-4H3,(H,27,29)(H,28,30)/t17?,18?,26-;15?,16?,24-/m11/s1. The van der Waals surface area contributed by atoms with E-state index in [4.69, 9.17) is 47.9 Å². The molecule has 2 saturated carbocycles. The van der Waals surface area contributed by atoms with Gasteiger partial charge in [-0.05, 0) is 142 Å². The summed E-state index contributed by atoms with van der Waals surface area (Å²) in [6, 6.07) is 7.79. The van der Waals surface area contributed by atoms with E-state index in [1.54, 1.807) is 12.1 Å². The third-order valence-electron chi connectivity index (χ3n) is 14.1. The van der Waals surface area contributed by atoms with E-state index in [9.17, 15) is 19.2 Å². The zero-order valence-electron chi connectivity index (χ0n) is 39.7. The topological polar surface area (TPSA) is 190 Å². The minimum atomic E-state index is -0.835. The van der Waals surface area contributed by atoms with Crippen LogP contribution in [0.4, 0.5) is 0 Å². The van der Waals surface area contributed by atoms with Crippen LogP contribution in [-0.2, 0) is 13.1 Å². The van der Waals surface area contributed by atoms with E-state index in [2.05, 4.69) is 39.6 Å². The first-order valence-corrected chi connectivity index (χ1v) is 23.6. The van der Waals surface area contributed by atoms with E-state index in [1.807, 2.05) is 67.5 Å². The number of amides is 2. The summed E-state index contributed by atoms with van der Waals surface area (Å²) >= 11 is 13.1. The zero-order valence-corrected chi connectivity index (χ0v) is 41.2. The number of nitrogens with two attached hydrogens (primary N) is 1. The summed E-state index contributed by atoms with van der Waals surface area (Å²) in [5.41, 5.74) is 12.1. The molecule has 2 atom stereocenters. The number of rotatable bonds is 9. The van der Waals surface area contributed by atoms with Crippen LogP contribution in [0.1, 0.15) is 131 Å². The van der Waals surface area contributed by atoms with Crippen LogP contribution >= 0.6 is 23.2 Å². The molecule has 14 nitrogen and oxygen atoms in total. The summed E-state index contributed by atoms with van der Waals surface area (Å²) < 4.78 is 25.2. The molecule has 2 aliphatic heterocycles. The maximum atomic E-state index is 13.1. The first-order chi connectivity index (χ1) is 31.1. The number of ether oxygens (including phenoxy) is 4. The summed E-state index contributed by atoms with van der Waals surface area (Å²) in [5.74, 6) is 0.149. The molecule has 2 aliphatic carbocycles. The number of carbonyl (C=O) groups excluding carboxylic acids is 2. The van der Waals surface area contributed by atoms with E-state index < -0.39 is 11.6 Å². The Morgan fingerprint density at radius 1 is 0.636 bits per heavy atom. The third kappa shape index (κ3) is 9.98. The quantitative estimate of drug-likeness (QED) is 0.109. The molecule has 2 amide bonds. The maximum absolute atomic E-state index is 13.1. The average molecular weight is 948 g/mol. The third-order valence-corrected chi connectivity index (χ3v) is 14.7. The highest BCUT2D eigenvalue weighted by Crippen LogP contribution is 2.53. The molecule has 356 valence electrons. The molecule has 4 heterocycles. The van der Waals surface area contributed by atoms with Crippen LogP contribution in [0.5, 0.6) is 23.0 Å². The van der Waals surface area contributed by atoms with Crippen LogP contribution in [0, 0.1) is 53.4 Å². The van der Waals surface area contributed by atoms with Crippen LogP contribution in [0.2, 0.25) is 10.0 Å². The minimum Gasteiger partial charge on any atom is -0.448 e. The van der Waals surface area contributed by atoms with Gasteiger partial charge in [0.2, 0.25) is 0 Å². The number of aromatic amines is 2. The zero-order chi connectivity index (χ0) is 48.0. The number of aromatic nitrogens is 2. The summed E-state index contributed by atoms with van der Waals surface area (Å²) in [6.45, 7) is 15.2. The summed E-state index contributed by atoms with van der Waals surface area (Å²) in [7, 11) is 4.24. The van der Waals surface area contributed by atoms with Gasteiger partial charge in [0.25, 0.3) is 34.5 Å². The Kier molecular flexibility index (Phi) is 14.3. The highest BCUT2D eigenvalue weighted by molar-refractivity contribution is 6.33. The van der Waals surface area contributed by atoms with Crippen molar-refractivity contribution >= 4 is 35.0 Å². The van der Waals surface area contributed by atoms with Crippen molar-refractivity contribution in [3.05, 3.63) is 111 Å². The molecule has 6 N–H and O–H groups in total. The number of fused-ring (bicyclic) bond motifs is 2. The predicted molar refractivity (Wildman–Crippen MR) is 256 cm³/mol. The van der Waals surface area contributed by atoms with Crippen molar-refractivity contribution in [3.8, 4) is 23.0 Å². The van der Waals surface area contributed by atoms with Crippen LogP contribution in [0.15, 0.2) is 33.9 Å². The fourth-order valence-electron chi connectivity index (χ4n) is 9.99. The summed E-state index contributed by atoms with van der Waals surface area (Å²) in [5, 5.41) is 6.37. The lowest BCUT2D eigenvalue weighted by molar-refractivity contribution is -0.123. The second-order valence-electron chi connectivity index (χ2n) is 19.2. The molecular formula is C50H64Cl2N6O8. The van der Waals surface area contributed by atoms with Gasteiger partial charge in [0.1, 0.15) is 0 Å². The van der Waals surface area contributed by atoms with Gasteiger partial charge in [0, 0.05) is 95.6 Å². The van der Waals surface area contributed by atoms with Crippen LogP contribution < -0.4 is 46.4 Å². The molecule has 2 aromatic carbocycles. The van der Waals surface area contributed by atoms with E-state index >= 15 is 0 Å². The molecule has 0 saturated heterocycles. The Bertz CT molecular complexity index is 2650. The number of hydrogen-bond donors (Lipinski definition) is 5. The van der Waals surface area contributed by atoms with Crippen LogP contribution in [0.25, 0.3) is 0 Å².